The average Bonchev–Trinajstić information content (AvgIpc) is 1.65. The van der Waals surface area contributed by atoms with Gasteiger partial charge in [-0.3, -0.25) is 0 Å². The first-order valence-corrected chi connectivity index (χ1v) is 7.01. The fourth-order valence-corrected chi connectivity index (χ4v) is 0. The van der Waals surface area contributed by atoms with E-state index >= 15 is 0 Å². The minimum absolute atomic E-state index is 0.614. The molecular weight excluding hydrogens is 254 g/mol. The fourth-order valence-electron chi connectivity index (χ4n) is 0. The molecule has 0 aliphatic rings. The van der Waals surface area contributed by atoms with Crippen LogP contribution in [0.3, 0.4) is 0 Å². The molecule has 46 valence electrons. The van der Waals surface area contributed by atoms with Crippen molar-refractivity contribution in [1.29, 1.82) is 0 Å². The molecule has 0 aromatic carbocycles. The summed E-state index contributed by atoms with van der Waals surface area (Å²) < 4.78 is 36.7. The molecule has 8 heteroatoms. The average molecular weight is 259 g/mol. The maximum absolute atomic E-state index is 9.19. The van der Waals surface area contributed by atoms with Crippen molar-refractivity contribution < 1.29 is 17.2 Å². The summed E-state index contributed by atoms with van der Waals surface area (Å²) in [4.78, 5) is 0. The summed E-state index contributed by atoms with van der Waals surface area (Å²) in [6.45, 7) is 0. The van der Waals surface area contributed by atoms with Crippen molar-refractivity contribution in [2.75, 3.05) is 0 Å². The van der Waals surface area contributed by atoms with Crippen LogP contribution in [0.15, 0.2) is 0 Å². The van der Waals surface area contributed by atoms with Gasteiger partial charge in [0, 0.05) is 0 Å². The topological polar surface area (TPSA) is 83.8 Å². The van der Waals surface area contributed by atoms with Gasteiger partial charge in [0.25, 0.3) is 0 Å². The second kappa shape index (κ2) is 10.8. The van der Waals surface area contributed by atoms with Crippen molar-refractivity contribution in [2.45, 2.75) is 0 Å². The zero-order valence-corrected chi connectivity index (χ0v) is 10.2. The Balaban J connectivity index is 0. The Morgan fingerprint density at radius 1 is 1.62 bits per heavy atom. The van der Waals surface area contributed by atoms with Gasteiger partial charge >= 0.3 is 63.8 Å². The van der Waals surface area contributed by atoms with Gasteiger partial charge in [0.15, 0.2) is 0 Å². The van der Waals surface area contributed by atoms with E-state index in [1.807, 2.05) is 0 Å². The molecule has 0 aliphatic heterocycles. The van der Waals surface area contributed by atoms with Crippen LogP contribution in [0.5, 0.6) is 0 Å². The van der Waals surface area contributed by atoms with Crippen LogP contribution >= 0.6 is 0 Å². The Kier molecular flexibility index (Phi) is 15.7. The van der Waals surface area contributed by atoms with Crippen LogP contribution in [-0.4, -0.2) is 53.4 Å². The molecule has 0 radical (unpaired) electrons. The summed E-state index contributed by atoms with van der Waals surface area (Å²) in [7, 11) is 0.614. The zero-order chi connectivity index (χ0) is 6.99. The van der Waals surface area contributed by atoms with Gasteiger partial charge in [0.05, 0.1) is 0 Å². The van der Waals surface area contributed by atoms with E-state index in [0.29, 0.717) is 10.5 Å². The summed E-state index contributed by atoms with van der Waals surface area (Å²) in [6.07, 6.45) is 0. The molecule has 0 heterocycles. The van der Waals surface area contributed by atoms with Crippen LogP contribution in [0.1, 0.15) is 0 Å². The van der Waals surface area contributed by atoms with Crippen molar-refractivity contribution >= 4 is 46.5 Å². The molecule has 0 spiro atoms. The molecule has 0 atom stereocenters. The van der Waals surface area contributed by atoms with Gasteiger partial charge in [-0.15, -0.1) is 0 Å². The molecule has 0 amide bonds. The second-order valence-electron chi connectivity index (χ2n) is 0.615. The van der Waals surface area contributed by atoms with E-state index < -0.39 is 36.1 Å². The molecule has 0 aromatic heterocycles. The van der Waals surface area contributed by atoms with Crippen LogP contribution in [0, 0.1) is 0 Å². The third kappa shape index (κ3) is 67.8. The predicted octanol–water partition coefficient (Wildman–Crippen LogP) is -3.37. The molecule has 0 bridgehead atoms. The van der Waals surface area contributed by atoms with Crippen LogP contribution in [-0.2, 0) is 10.4 Å². The van der Waals surface area contributed by atoms with Crippen LogP contribution in [0.25, 0.3) is 0 Å². The van der Waals surface area contributed by atoms with Crippen molar-refractivity contribution in [3.63, 3.8) is 0 Å². The molecule has 0 fully saturated rings. The molecule has 0 saturated carbocycles. The monoisotopic (exact) mass is 260 g/mol. The van der Waals surface area contributed by atoms with Gasteiger partial charge < -0.3 is 0 Å². The molecule has 5 nitrogen and oxygen atoms in total. The molecule has 0 aromatic rings. The molecule has 2 N–H and O–H groups in total. The standard InChI is InChI=1S/Al.H3OSi.2H2O.2O.Sn/c;1-2;;;;;/h;2H3;2*1H2;;;/q+1;-1;;;;;+2/p-2. The van der Waals surface area contributed by atoms with E-state index in [1.54, 1.807) is 0 Å². The third-order valence-electron chi connectivity index (χ3n) is 0.0962. The summed E-state index contributed by atoms with van der Waals surface area (Å²) in [5, 5.41) is 0. The Morgan fingerprint density at radius 2 is 1.75 bits per heavy atom. The minimum atomic E-state index is -3.79. The van der Waals surface area contributed by atoms with E-state index in [9.17, 15) is 3.80 Å². The molecule has 0 saturated heterocycles. The second-order valence-corrected chi connectivity index (χ2v) is 4.31. The van der Waals surface area contributed by atoms with Crippen LogP contribution in [0.4, 0.5) is 0 Å². The van der Waals surface area contributed by atoms with Gasteiger partial charge in [-0.05, 0) is 0 Å². The van der Waals surface area contributed by atoms with E-state index in [2.05, 4.69) is 3.48 Å². The Morgan fingerprint density at radius 3 is 1.75 bits per heavy atom. The SMILES string of the molecule is [O]=[Al][O][SiH3].[O]=[Sn]([OH])[OH]. The van der Waals surface area contributed by atoms with Crippen molar-refractivity contribution in [3.8, 4) is 0 Å². The van der Waals surface area contributed by atoms with E-state index in [0.717, 1.165) is 0 Å². The van der Waals surface area contributed by atoms with Gasteiger partial charge in [-0.2, -0.15) is 0 Å². The van der Waals surface area contributed by atoms with Gasteiger partial charge in [0.2, 0.25) is 0 Å². The van der Waals surface area contributed by atoms with E-state index in [1.165, 1.54) is 0 Å². The number of hydrogen-bond acceptors (Lipinski definition) is 3. The van der Waals surface area contributed by atoms with Gasteiger partial charge in [-0.25, -0.2) is 0 Å². The number of hydrogen-bond donors (Lipinski definition) is 2. The molecule has 0 unspecified atom stereocenters. The predicted molar refractivity (Wildman–Crippen MR) is 28.3 cm³/mol. The zero-order valence-electron chi connectivity index (χ0n) is 4.20. The number of rotatable bonds is 1. The van der Waals surface area contributed by atoms with E-state index in [4.69, 9.17) is 9.96 Å². The summed E-state index contributed by atoms with van der Waals surface area (Å²) >= 11 is -4.70. The Hall–Kier alpha value is 0.868. The Labute approximate surface area is 63.7 Å². The van der Waals surface area contributed by atoms with Gasteiger partial charge in [0.1, 0.15) is 0 Å². The first-order chi connectivity index (χ1) is 3.65. The Bertz CT molecular complexity index is 68.8. The van der Waals surface area contributed by atoms with Crippen molar-refractivity contribution in [1.82, 2.24) is 0 Å². The van der Waals surface area contributed by atoms with Crippen LogP contribution < -0.4 is 0 Å². The van der Waals surface area contributed by atoms with Crippen molar-refractivity contribution in [3.05, 3.63) is 0 Å². The van der Waals surface area contributed by atoms with Crippen LogP contribution in [0.2, 0.25) is 0 Å². The van der Waals surface area contributed by atoms with Gasteiger partial charge in [-0.1, -0.05) is 0 Å². The van der Waals surface area contributed by atoms with Crippen molar-refractivity contribution in [2.24, 2.45) is 0 Å². The summed E-state index contributed by atoms with van der Waals surface area (Å²) in [5.41, 5.74) is 0. The fraction of sp³-hybridized carbons (Fsp3) is 0. The quantitative estimate of drug-likeness (QED) is 0.480. The molecule has 0 rings (SSSR count). The molecule has 0 aliphatic carbocycles. The maximum atomic E-state index is 9.19. The summed E-state index contributed by atoms with van der Waals surface area (Å²) in [5.74, 6) is 0. The summed E-state index contributed by atoms with van der Waals surface area (Å²) in [6, 6.07) is 0. The molecular formula is H5AlO5SiSn. The first-order valence-electron chi connectivity index (χ1n) is 1.53. The first kappa shape index (κ1) is 11.6. The normalized spacial score (nSPS) is 5.75. The van der Waals surface area contributed by atoms with E-state index in [-0.39, 0.29) is 0 Å². The molecule has 8 heavy (non-hydrogen) atoms. The third-order valence-corrected chi connectivity index (χ3v) is 0.866.